The Hall–Kier alpha value is -2.28. The molecule has 0 atom stereocenters. The standard InChI is InChI=1S/C18H13BrF3NO2/c1-25-17(24)15-9-14(19)8-12-6-7-23(16(12)15)10-11-2-4-13(5-3-11)18(20,21)22/h2-9H,10H2,1H3. The van der Waals surface area contributed by atoms with Crippen molar-refractivity contribution in [1.82, 2.24) is 4.57 Å². The molecule has 0 fully saturated rings. The SMILES string of the molecule is COC(=O)c1cc(Br)cc2ccn(Cc3ccc(C(F)(F)F)cc3)c12. The van der Waals surface area contributed by atoms with Crippen molar-refractivity contribution >= 4 is 32.8 Å². The molecule has 0 aliphatic rings. The molecule has 1 aromatic heterocycles. The molecule has 1 heterocycles. The molecule has 0 saturated carbocycles. The summed E-state index contributed by atoms with van der Waals surface area (Å²) in [6, 6.07) is 10.4. The summed E-state index contributed by atoms with van der Waals surface area (Å²) in [5, 5.41) is 0.835. The van der Waals surface area contributed by atoms with Crippen LogP contribution in [0, 0.1) is 0 Å². The van der Waals surface area contributed by atoms with Crippen LogP contribution in [-0.2, 0) is 17.5 Å². The quantitative estimate of drug-likeness (QED) is 0.550. The van der Waals surface area contributed by atoms with E-state index in [1.54, 1.807) is 12.3 Å². The molecular weight excluding hydrogens is 399 g/mol. The molecule has 0 aliphatic heterocycles. The number of alkyl halides is 3. The highest BCUT2D eigenvalue weighted by molar-refractivity contribution is 9.10. The maximum atomic E-state index is 12.7. The van der Waals surface area contributed by atoms with Crippen molar-refractivity contribution in [2.75, 3.05) is 7.11 Å². The summed E-state index contributed by atoms with van der Waals surface area (Å²) in [6.45, 7) is 0.341. The monoisotopic (exact) mass is 411 g/mol. The van der Waals surface area contributed by atoms with Crippen LogP contribution >= 0.6 is 15.9 Å². The number of aromatic nitrogens is 1. The minimum Gasteiger partial charge on any atom is -0.465 e. The maximum Gasteiger partial charge on any atom is 0.416 e. The smallest absolute Gasteiger partial charge is 0.416 e. The Morgan fingerprint density at radius 1 is 1.16 bits per heavy atom. The first-order chi connectivity index (χ1) is 11.8. The lowest BCUT2D eigenvalue weighted by atomic mass is 10.1. The lowest BCUT2D eigenvalue weighted by Crippen LogP contribution is -2.07. The van der Waals surface area contributed by atoms with E-state index < -0.39 is 17.7 Å². The molecule has 130 valence electrons. The van der Waals surface area contributed by atoms with Crippen LogP contribution in [0.2, 0.25) is 0 Å². The molecule has 3 rings (SSSR count). The molecule has 0 amide bonds. The lowest BCUT2D eigenvalue weighted by molar-refractivity contribution is -0.137. The van der Waals surface area contributed by atoms with Gasteiger partial charge >= 0.3 is 12.1 Å². The van der Waals surface area contributed by atoms with Crippen LogP contribution in [0.5, 0.6) is 0 Å². The van der Waals surface area contributed by atoms with Crippen molar-refractivity contribution in [3.05, 3.63) is 69.8 Å². The molecule has 0 saturated heterocycles. The summed E-state index contributed by atoms with van der Waals surface area (Å²) < 4.78 is 45.4. The predicted octanol–water partition coefficient (Wildman–Crippen LogP) is 5.26. The first kappa shape index (κ1) is 17.5. The second-order valence-corrected chi connectivity index (χ2v) is 6.44. The Balaban J connectivity index is 2.01. The van der Waals surface area contributed by atoms with Gasteiger partial charge in [-0.3, -0.25) is 0 Å². The molecule has 25 heavy (non-hydrogen) atoms. The highest BCUT2D eigenvalue weighted by Crippen LogP contribution is 2.30. The highest BCUT2D eigenvalue weighted by Gasteiger charge is 2.29. The number of benzene rings is 2. The Bertz CT molecular complexity index is 930. The van der Waals surface area contributed by atoms with Gasteiger partial charge in [0.05, 0.1) is 23.8 Å². The van der Waals surface area contributed by atoms with Gasteiger partial charge in [0.15, 0.2) is 0 Å². The van der Waals surface area contributed by atoms with Gasteiger partial charge in [-0.2, -0.15) is 13.2 Å². The van der Waals surface area contributed by atoms with E-state index in [0.717, 1.165) is 22.0 Å². The van der Waals surface area contributed by atoms with Crippen molar-refractivity contribution in [2.45, 2.75) is 12.7 Å². The first-order valence-electron chi connectivity index (χ1n) is 7.32. The number of methoxy groups -OCH3 is 1. The van der Waals surface area contributed by atoms with E-state index in [9.17, 15) is 18.0 Å². The fourth-order valence-electron chi connectivity index (χ4n) is 2.71. The minimum atomic E-state index is -4.36. The van der Waals surface area contributed by atoms with Gasteiger partial charge in [0.1, 0.15) is 0 Å². The molecule has 3 aromatic rings. The summed E-state index contributed by atoms with van der Waals surface area (Å²) in [5.74, 6) is -0.473. The molecule has 2 aromatic carbocycles. The molecule has 0 spiro atoms. The molecular formula is C18H13BrF3NO2. The Labute approximate surface area is 150 Å². The summed E-state index contributed by atoms with van der Waals surface area (Å²) in [5.41, 5.74) is 1.08. The predicted molar refractivity (Wildman–Crippen MR) is 91.5 cm³/mol. The normalized spacial score (nSPS) is 11.7. The van der Waals surface area contributed by atoms with Crippen LogP contribution in [0.1, 0.15) is 21.5 Å². The summed E-state index contributed by atoms with van der Waals surface area (Å²) in [6.07, 6.45) is -2.57. The number of halogens is 4. The Kier molecular flexibility index (Phi) is 4.60. The molecule has 0 bridgehead atoms. The largest absolute Gasteiger partial charge is 0.465 e. The van der Waals surface area contributed by atoms with Crippen LogP contribution in [-0.4, -0.2) is 17.6 Å². The third-order valence-corrected chi connectivity index (χ3v) is 4.32. The second-order valence-electron chi connectivity index (χ2n) is 5.52. The van der Waals surface area contributed by atoms with E-state index in [0.29, 0.717) is 23.2 Å². The average molecular weight is 412 g/mol. The average Bonchev–Trinajstić information content (AvgIpc) is 2.95. The van der Waals surface area contributed by atoms with Gasteiger partial charge in [-0.1, -0.05) is 28.1 Å². The third-order valence-electron chi connectivity index (χ3n) is 3.86. The van der Waals surface area contributed by atoms with Gasteiger partial charge in [-0.25, -0.2) is 4.79 Å². The number of hydrogen-bond donors (Lipinski definition) is 0. The van der Waals surface area contributed by atoms with E-state index in [-0.39, 0.29) is 0 Å². The Morgan fingerprint density at radius 2 is 1.84 bits per heavy atom. The Morgan fingerprint density at radius 3 is 2.44 bits per heavy atom. The van der Waals surface area contributed by atoms with Gasteiger partial charge in [-0.15, -0.1) is 0 Å². The van der Waals surface area contributed by atoms with E-state index in [1.807, 2.05) is 16.7 Å². The van der Waals surface area contributed by atoms with E-state index >= 15 is 0 Å². The molecule has 0 N–H and O–H groups in total. The first-order valence-corrected chi connectivity index (χ1v) is 8.12. The maximum absolute atomic E-state index is 12.7. The number of fused-ring (bicyclic) bond motifs is 1. The van der Waals surface area contributed by atoms with Gasteiger partial charge in [0.25, 0.3) is 0 Å². The van der Waals surface area contributed by atoms with Crippen molar-refractivity contribution in [2.24, 2.45) is 0 Å². The molecule has 0 unspecified atom stereocenters. The molecule has 3 nitrogen and oxygen atoms in total. The molecule has 0 radical (unpaired) electrons. The van der Waals surface area contributed by atoms with E-state index in [4.69, 9.17) is 4.74 Å². The highest BCUT2D eigenvalue weighted by atomic mass is 79.9. The van der Waals surface area contributed by atoms with E-state index in [1.165, 1.54) is 19.2 Å². The number of rotatable bonds is 3. The van der Waals surface area contributed by atoms with Gasteiger partial charge in [-0.05, 0) is 35.9 Å². The fraction of sp³-hybridized carbons (Fsp3) is 0.167. The van der Waals surface area contributed by atoms with Crippen molar-refractivity contribution in [3.8, 4) is 0 Å². The van der Waals surface area contributed by atoms with Crippen LogP contribution in [0.3, 0.4) is 0 Å². The van der Waals surface area contributed by atoms with Gasteiger partial charge < -0.3 is 9.30 Å². The van der Waals surface area contributed by atoms with Crippen LogP contribution in [0.15, 0.2) is 53.1 Å². The molecule has 0 aliphatic carbocycles. The summed E-state index contributed by atoms with van der Waals surface area (Å²) >= 11 is 3.36. The van der Waals surface area contributed by atoms with Crippen molar-refractivity contribution in [1.29, 1.82) is 0 Å². The third kappa shape index (κ3) is 3.56. The summed E-state index contributed by atoms with van der Waals surface area (Å²) in [7, 11) is 1.30. The van der Waals surface area contributed by atoms with Crippen LogP contribution in [0.25, 0.3) is 10.9 Å². The topological polar surface area (TPSA) is 31.2 Å². The van der Waals surface area contributed by atoms with E-state index in [2.05, 4.69) is 15.9 Å². The zero-order valence-electron chi connectivity index (χ0n) is 13.1. The zero-order valence-corrected chi connectivity index (χ0v) is 14.7. The number of ether oxygens (including phenoxy) is 1. The van der Waals surface area contributed by atoms with Crippen molar-refractivity contribution in [3.63, 3.8) is 0 Å². The van der Waals surface area contributed by atoms with Crippen molar-refractivity contribution < 1.29 is 22.7 Å². The summed E-state index contributed by atoms with van der Waals surface area (Å²) in [4.78, 5) is 12.1. The van der Waals surface area contributed by atoms with Gasteiger partial charge in [0, 0.05) is 22.6 Å². The zero-order chi connectivity index (χ0) is 18.2. The van der Waals surface area contributed by atoms with Gasteiger partial charge in [0.2, 0.25) is 0 Å². The number of nitrogens with zero attached hydrogens (tertiary/aromatic N) is 1. The molecule has 7 heteroatoms. The lowest BCUT2D eigenvalue weighted by Gasteiger charge is -2.11. The number of esters is 1. The minimum absolute atomic E-state index is 0.341. The number of carbonyl (C=O) groups is 1. The fourth-order valence-corrected chi connectivity index (χ4v) is 3.18. The van der Waals surface area contributed by atoms with Crippen LogP contribution in [0.4, 0.5) is 13.2 Å². The van der Waals surface area contributed by atoms with Crippen LogP contribution < -0.4 is 0 Å². The second kappa shape index (κ2) is 6.55. The number of hydrogen-bond acceptors (Lipinski definition) is 2. The number of carbonyl (C=O) groups excluding carboxylic acids is 1.